The quantitative estimate of drug-likeness (QED) is 0.777. The minimum atomic E-state index is -4.32. The Morgan fingerprint density at radius 1 is 0.950 bits per heavy atom. The zero-order chi connectivity index (χ0) is 14.8. The van der Waals surface area contributed by atoms with Crippen molar-refractivity contribution < 1.29 is 17.9 Å². The molecule has 106 valence electrons. The van der Waals surface area contributed by atoms with Crippen molar-refractivity contribution >= 4 is 0 Å². The topological polar surface area (TPSA) is 9.23 Å². The fourth-order valence-electron chi connectivity index (χ4n) is 2.02. The van der Waals surface area contributed by atoms with Crippen LogP contribution in [0.3, 0.4) is 0 Å². The Morgan fingerprint density at radius 3 is 2.20 bits per heavy atom. The summed E-state index contributed by atoms with van der Waals surface area (Å²) >= 11 is 0. The minimum absolute atomic E-state index is 0.118. The molecule has 0 heterocycles. The third-order valence-corrected chi connectivity index (χ3v) is 2.86. The molecule has 0 bridgehead atoms. The van der Waals surface area contributed by atoms with Crippen molar-refractivity contribution in [3.8, 4) is 5.75 Å². The second-order valence-electron chi connectivity index (χ2n) is 4.81. The highest BCUT2D eigenvalue weighted by Gasteiger charge is 2.30. The van der Waals surface area contributed by atoms with Crippen LogP contribution in [0, 0.1) is 13.8 Å². The van der Waals surface area contributed by atoms with Crippen molar-refractivity contribution in [2.75, 3.05) is 0 Å². The number of benzene rings is 2. The van der Waals surface area contributed by atoms with Gasteiger partial charge in [0.25, 0.3) is 0 Å². The van der Waals surface area contributed by atoms with Crippen LogP contribution in [0.4, 0.5) is 13.2 Å². The lowest BCUT2D eigenvalue weighted by molar-refractivity contribution is -0.137. The monoisotopic (exact) mass is 280 g/mol. The molecule has 4 heteroatoms. The third kappa shape index (κ3) is 3.76. The first-order valence-corrected chi connectivity index (χ1v) is 6.22. The van der Waals surface area contributed by atoms with E-state index in [0.29, 0.717) is 11.3 Å². The van der Waals surface area contributed by atoms with Crippen molar-refractivity contribution in [1.82, 2.24) is 0 Å². The van der Waals surface area contributed by atoms with Gasteiger partial charge in [-0.25, -0.2) is 0 Å². The summed E-state index contributed by atoms with van der Waals surface area (Å²) in [5, 5.41) is 0. The lowest BCUT2D eigenvalue weighted by Gasteiger charge is -2.11. The number of rotatable bonds is 3. The summed E-state index contributed by atoms with van der Waals surface area (Å²) in [6, 6.07) is 10.9. The highest BCUT2D eigenvalue weighted by Crippen LogP contribution is 2.29. The summed E-state index contributed by atoms with van der Waals surface area (Å²) < 4.78 is 43.3. The van der Waals surface area contributed by atoms with Crippen molar-refractivity contribution in [2.24, 2.45) is 0 Å². The van der Waals surface area contributed by atoms with Gasteiger partial charge in [0.1, 0.15) is 12.4 Å². The average molecular weight is 280 g/mol. The maximum atomic E-state index is 12.6. The summed E-state index contributed by atoms with van der Waals surface area (Å²) in [5.41, 5.74) is 1.96. The number of halogens is 3. The van der Waals surface area contributed by atoms with Crippen LogP contribution in [0.25, 0.3) is 0 Å². The maximum absolute atomic E-state index is 12.6. The molecule has 0 saturated carbocycles. The van der Waals surface area contributed by atoms with Crippen LogP contribution in [-0.4, -0.2) is 0 Å². The Morgan fingerprint density at radius 2 is 1.60 bits per heavy atom. The van der Waals surface area contributed by atoms with E-state index >= 15 is 0 Å². The van der Waals surface area contributed by atoms with E-state index < -0.39 is 11.7 Å². The van der Waals surface area contributed by atoms with Crippen LogP contribution < -0.4 is 4.74 Å². The summed E-state index contributed by atoms with van der Waals surface area (Å²) in [5.74, 6) is 0.667. The number of aryl methyl sites for hydroxylation is 2. The van der Waals surface area contributed by atoms with E-state index in [1.165, 1.54) is 6.07 Å². The normalized spacial score (nSPS) is 11.4. The number of hydrogen-bond acceptors (Lipinski definition) is 1. The molecule has 0 atom stereocenters. The summed E-state index contributed by atoms with van der Waals surface area (Å²) in [6.45, 7) is 4.01. The molecule has 0 aliphatic rings. The molecule has 0 radical (unpaired) electrons. The first-order chi connectivity index (χ1) is 9.34. The highest BCUT2D eigenvalue weighted by molar-refractivity contribution is 5.33. The van der Waals surface area contributed by atoms with Gasteiger partial charge in [-0.05, 0) is 54.8 Å². The third-order valence-electron chi connectivity index (χ3n) is 2.86. The van der Waals surface area contributed by atoms with Gasteiger partial charge in [0.15, 0.2) is 0 Å². The van der Waals surface area contributed by atoms with Gasteiger partial charge in [0, 0.05) is 0 Å². The van der Waals surface area contributed by atoms with Crippen LogP contribution >= 0.6 is 0 Å². The van der Waals surface area contributed by atoms with Gasteiger partial charge in [0.05, 0.1) is 5.56 Å². The Labute approximate surface area is 116 Å². The first-order valence-electron chi connectivity index (χ1n) is 6.22. The number of alkyl halides is 3. The zero-order valence-electron chi connectivity index (χ0n) is 11.3. The largest absolute Gasteiger partial charge is 0.489 e. The molecule has 0 unspecified atom stereocenters. The van der Waals surface area contributed by atoms with Crippen molar-refractivity contribution in [2.45, 2.75) is 26.6 Å². The molecule has 2 rings (SSSR count). The van der Waals surface area contributed by atoms with Crippen molar-refractivity contribution in [3.05, 3.63) is 64.7 Å². The second kappa shape index (κ2) is 5.57. The molecule has 0 aromatic heterocycles. The van der Waals surface area contributed by atoms with E-state index in [9.17, 15) is 13.2 Å². The summed E-state index contributed by atoms with van der Waals surface area (Å²) in [6.07, 6.45) is -4.32. The van der Waals surface area contributed by atoms with E-state index in [-0.39, 0.29) is 6.61 Å². The maximum Gasteiger partial charge on any atom is 0.416 e. The molecule has 0 spiro atoms. The van der Waals surface area contributed by atoms with Gasteiger partial charge in [-0.2, -0.15) is 13.2 Å². The van der Waals surface area contributed by atoms with Crippen LogP contribution in [0.5, 0.6) is 5.75 Å². The van der Waals surface area contributed by atoms with Crippen LogP contribution in [0.2, 0.25) is 0 Å². The summed E-state index contributed by atoms with van der Waals surface area (Å²) in [4.78, 5) is 0. The van der Waals surface area contributed by atoms with Gasteiger partial charge in [-0.15, -0.1) is 0 Å². The van der Waals surface area contributed by atoms with E-state index in [0.717, 1.165) is 23.3 Å². The number of ether oxygens (including phenoxy) is 1. The SMILES string of the molecule is Cc1cc(C)cc(OCc2cccc(C(F)(F)F)c2)c1. The van der Waals surface area contributed by atoms with Crippen LogP contribution in [-0.2, 0) is 12.8 Å². The standard InChI is InChI=1S/C16H15F3O/c1-11-6-12(2)8-15(7-11)20-10-13-4-3-5-14(9-13)16(17,18)19/h3-9H,10H2,1-2H3. The molecular formula is C16H15F3O. The van der Waals surface area contributed by atoms with Crippen LogP contribution in [0.1, 0.15) is 22.3 Å². The Balaban J connectivity index is 2.11. The average Bonchev–Trinajstić information content (AvgIpc) is 2.35. The molecule has 20 heavy (non-hydrogen) atoms. The van der Waals surface area contributed by atoms with E-state index in [4.69, 9.17) is 4.74 Å². The predicted molar refractivity (Wildman–Crippen MR) is 71.7 cm³/mol. The Kier molecular flexibility index (Phi) is 4.02. The molecule has 0 saturated heterocycles. The molecule has 1 nitrogen and oxygen atoms in total. The van der Waals surface area contributed by atoms with Gasteiger partial charge in [-0.3, -0.25) is 0 Å². The summed E-state index contributed by atoms with van der Waals surface area (Å²) in [7, 11) is 0. The Hall–Kier alpha value is -1.97. The molecule has 2 aromatic carbocycles. The molecular weight excluding hydrogens is 265 g/mol. The number of hydrogen-bond donors (Lipinski definition) is 0. The zero-order valence-corrected chi connectivity index (χ0v) is 11.3. The van der Waals surface area contributed by atoms with E-state index in [2.05, 4.69) is 0 Å². The lowest BCUT2D eigenvalue weighted by Crippen LogP contribution is -2.06. The van der Waals surface area contributed by atoms with Gasteiger partial charge in [-0.1, -0.05) is 18.2 Å². The molecule has 0 fully saturated rings. The molecule has 2 aromatic rings. The van der Waals surface area contributed by atoms with Crippen molar-refractivity contribution in [3.63, 3.8) is 0 Å². The second-order valence-corrected chi connectivity index (χ2v) is 4.81. The minimum Gasteiger partial charge on any atom is -0.489 e. The molecule has 0 aliphatic heterocycles. The fraction of sp³-hybridized carbons (Fsp3) is 0.250. The van der Waals surface area contributed by atoms with E-state index in [1.54, 1.807) is 6.07 Å². The smallest absolute Gasteiger partial charge is 0.416 e. The van der Waals surface area contributed by atoms with Gasteiger partial charge >= 0.3 is 6.18 Å². The molecule has 0 amide bonds. The lowest BCUT2D eigenvalue weighted by atomic mass is 10.1. The van der Waals surface area contributed by atoms with Crippen molar-refractivity contribution in [1.29, 1.82) is 0 Å². The fourth-order valence-corrected chi connectivity index (χ4v) is 2.02. The molecule has 0 aliphatic carbocycles. The predicted octanol–water partition coefficient (Wildman–Crippen LogP) is 4.90. The molecule has 0 N–H and O–H groups in total. The van der Waals surface area contributed by atoms with Crippen LogP contribution in [0.15, 0.2) is 42.5 Å². The van der Waals surface area contributed by atoms with E-state index in [1.807, 2.05) is 32.0 Å². The Bertz CT molecular complexity index is 583. The highest BCUT2D eigenvalue weighted by atomic mass is 19.4. The first kappa shape index (κ1) is 14.4. The van der Waals surface area contributed by atoms with Gasteiger partial charge < -0.3 is 4.74 Å². The van der Waals surface area contributed by atoms with Gasteiger partial charge in [0.2, 0.25) is 0 Å².